The average molecular weight is 633 g/mol. The third kappa shape index (κ3) is 6.31. The summed E-state index contributed by atoms with van der Waals surface area (Å²) < 4.78 is 11.2. The third-order valence-electron chi connectivity index (χ3n) is 3.67. The Morgan fingerprint density at radius 2 is 2.40 bits per heavy atom. The molecule has 0 aromatic rings. The van der Waals surface area contributed by atoms with Crippen molar-refractivity contribution >= 4 is 37.1 Å². The predicted molar refractivity (Wildman–Crippen MR) is 94.5 cm³/mol. The number of allylic oxidation sites excluding steroid dienone is 1. The first-order chi connectivity index (χ1) is 9.81. The molecule has 2 atom stereocenters. The van der Waals surface area contributed by atoms with Crippen molar-refractivity contribution in [2.24, 2.45) is 0 Å². The van der Waals surface area contributed by atoms with Crippen LogP contribution in [0.1, 0.15) is 45.4 Å². The molecular weight excluding hydrogens is 607 g/mol. The number of rotatable bonds is 5. The van der Waals surface area contributed by atoms with E-state index < -0.39 is 0 Å². The van der Waals surface area contributed by atoms with Gasteiger partial charge in [-0.1, -0.05) is 0 Å². The molecule has 2 heterocycles. The second-order valence-corrected chi connectivity index (χ2v) is 17.7. The van der Waals surface area contributed by atoms with Gasteiger partial charge < -0.3 is 0 Å². The van der Waals surface area contributed by atoms with Gasteiger partial charge in [0.05, 0.1) is 0 Å². The van der Waals surface area contributed by atoms with Crippen LogP contribution < -0.4 is 42.4 Å². The minimum absolute atomic E-state index is 0.159. The molecule has 2 rings (SSSR count). The Kier molecular flexibility index (Phi) is 9.97. The molecule has 2 saturated heterocycles. The van der Waals surface area contributed by atoms with E-state index >= 15 is 0 Å². The molecule has 2 aliphatic rings. The molecule has 0 spiro atoms. The van der Waals surface area contributed by atoms with Crippen LogP contribution in [0.25, 0.3) is 0 Å². The van der Waals surface area contributed by atoms with Crippen LogP contribution in [0.3, 0.4) is 0 Å². The van der Waals surface area contributed by atoms with Crippen LogP contribution in [0.5, 0.6) is 0 Å². The van der Waals surface area contributed by atoms with Gasteiger partial charge in [-0.3, -0.25) is 0 Å². The van der Waals surface area contributed by atoms with Crippen molar-refractivity contribution in [1.82, 2.24) is 4.31 Å². The molecule has 0 amide bonds. The second-order valence-electron chi connectivity index (χ2n) is 5.24. The average Bonchev–Trinajstić information content (AvgIpc) is 2.48. The Balaban J connectivity index is 1.84. The fraction of sp³-hybridized carbons (Fsp3) is 0.800. The maximum atomic E-state index is 4.69. The molecule has 1 nitrogen and oxygen atoms in total. The quantitative estimate of drug-likeness (QED) is 0.210. The van der Waals surface area contributed by atoms with Crippen molar-refractivity contribution in [3.05, 3.63) is 10.2 Å². The van der Waals surface area contributed by atoms with E-state index in [1.807, 2.05) is 3.51 Å². The van der Waals surface area contributed by atoms with Crippen molar-refractivity contribution in [2.45, 2.75) is 55.4 Å². The molecule has 2 fully saturated rings. The molecule has 0 radical (unpaired) electrons. The summed E-state index contributed by atoms with van der Waals surface area (Å²) >= 11 is 6.08. The fourth-order valence-electron chi connectivity index (χ4n) is 2.55. The molecule has 120 valence electrons. The summed E-state index contributed by atoms with van der Waals surface area (Å²) in [5.74, 6) is 0. The van der Waals surface area contributed by atoms with Gasteiger partial charge in [-0.2, -0.15) is 0 Å². The number of piperidine rings is 1. The molecule has 1 unspecified atom stereocenters. The van der Waals surface area contributed by atoms with E-state index in [0.29, 0.717) is 48.5 Å². The van der Waals surface area contributed by atoms with E-state index in [-0.39, 0.29) is 20.7 Å². The number of hydrogen-bond donors (Lipinski definition) is 1. The standard InChI is InChI=1S/C15H26I3NS/c1-2-5-15-14(7-4-11-19(15)20)17-9-3-6-13-8-10-16-12-18-13/h3,9,13,15,20H,2,4-8,10-12H2,1H3/q-2/b9-3-/t13-,15?/m0/s1. The molecule has 0 aliphatic carbocycles. The Labute approximate surface area is 160 Å². The van der Waals surface area contributed by atoms with Crippen molar-refractivity contribution in [2.75, 3.05) is 13.4 Å². The predicted octanol–water partition coefficient (Wildman–Crippen LogP) is -1.95. The van der Waals surface area contributed by atoms with E-state index in [1.165, 1.54) is 38.6 Å². The zero-order chi connectivity index (χ0) is 14.2. The number of hydrogen-bond acceptors (Lipinski definition) is 2. The van der Waals surface area contributed by atoms with E-state index in [0.717, 1.165) is 3.92 Å². The summed E-state index contributed by atoms with van der Waals surface area (Å²) in [4.78, 5) is 0. The summed E-state index contributed by atoms with van der Waals surface area (Å²) in [5, 5.41) is 0. The number of thiol groups is 1. The zero-order valence-electron chi connectivity index (χ0n) is 12.2. The zero-order valence-corrected chi connectivity index (χ0v) is 19.6. The van der Waals surface area contributed by atoms with Crippen molar-refractivity contribution in [1.29, 1.82) is 0 Å². The van der Waals surface area contributed by atoms with E-state index in [1.54, 1.807) is 13.3 Å². The van der Waals surface area contributed by atoms with Gasteiger partial charge in [0.1, 0.15) is 0 Å². The fourth-order valence-corrected chi connectivity index (χ4v) is 17.4. The Bertz CT molecular complexity index is 340. The molecule has 20 heavy (non-hydrogen) atoms. The Morgan fingerprint density at radius 1 is 1.50 bits per heavy atom. The molecule has 0 saturated carbocycles. The van der Waals surface area contributed by atoms with Gasteiger partial charge >= 0.3 is 163 Å². The summed E-state index contributed by atoms with van der Waals surface area (Å²) in [6, 6.07) is 0.682. The van der Waals surface area contributed by atoms with E-state index in [9.17, 15) is 0 Å². The Hall–Kier alpha value is 2.11. The first-order valence-electron chi connectivity index (χ1n) is 7.52. The van der Waals surface area contributed by atoms with Gasteiger partial charge in [0, 0.05) is 0 Å². The van der Waals surface area contributed by atoms with Crippen molar-refractivity contribution in [3.8, 4) is 0 Å². The van der Waals surface area contributed by atoms with Crippen LogP contribution >= 0.6 is 33.5 Å². The summed E-state index contributed by atoms with van der Waals surface area (Å²) in [5.41, 5.74) is 0. The van der Waals surface area contributed by atoms with Gasteiger partial charge in [-0.05, 0) is 0 Å². The number of nitrogens with zero attached hydrogens (tertiary/aromatic N) is 1. The molecular formula is C15H26I3NS-2. The van der Waals surface area contributed by atoms with E-state index in [2.05, 4.69) is 21.4 Å². The van der Waals surface area contributed by atoms with Crippen molar-refractivity contribution < 1.29 is 42.4 Å². The Morgan fingerprint density at radius 3 is 3.15 bits per heavy atom. The number of alkyl halides is 4. The van der Waals surface area contributed by atoms with Crippen molar-refractivity contribution in [3.63, 3.8) is 0 Å². The van der Waals surface area contributed by atoms with Crippen LogP contribution in [0, 0.1) is 0 Å². The van der Waals surface area contributed by atoms with Gasteiger partial charge in [0.25, 0.3) is 0 Å². The third-order valence-corrected chi connectivity index (χ3v) is 16.6. The number of halogens is 3. The summed E-state index contributed by atoms with van der Waals surface area (Å²) in [7, 11) is 0. The van der Waals surface area contributed by atoms with Crippen LogP contribution in [0.4, 0.5) is 0 Å². The second kappa shape index (κ2) is 10.8. The summed E-state index contributed by atoms with van der Waals surface area (Å²) in [6.07, 6.45) is 10.8. The summed E-state index contributed by atoms with van der Waals surface area (Å²) in [6.45, 7) is 3.48. The van der Waals surface area contributed by atoms with Crippen LogP contribution in [0.2, 0.25) is 0 Å². The van der Waals surface area contributed by atoms with Gasteiger partial charge in [0.2, 0.25) is 0 Å². The molecule has 0 aromatic carbocycles. The maximum absolute atomic E-state index is 4.69. The van der Waals surface area contributed by atoms with Gasteiger partial charge in [-0.25, -0.2) is 0 Å². The normalized spacial score (nSPS) is 32.4. The SMILES string of the molecule is CCCC1C(=I/C=C\C[C@H]2CC[I-]C[I-]2)CCCN1S. The minimum atomic E-state index is 0.159. The van der Waals surface area contributed by atoms with Crippen LogP contribution in [0.15, 0.2) is 10.2 Å². The molecule has 0 aromatic heterocycles. The molecule has 5 heteroatoms. The van der Waals surface area contributed by atoms with Gasteiger partial charge in [0.15, 0.2) is 0 Å². The van der Waals surface area contributed by atoms with E-state index in [4.69, 9.17) is 12.8 Å². The first kappa shape index (κ1) is 18.4. The van der Waals surface area contributed by atoms with Crippen LogP contribution in [-0.2, 0) is 0 Å². The molecule has 0 bridgehead atoms. The molecule has 2 aliphatic heterocycles. The van der Waals surface area contributed by atoms with Crippen LogP contribution in [-0.4, -0.2) is 31.2 Å². The topological polar surface area (TPSA) is 3.24 Å². The molecule has 0 N–H and O–H groups in total. The van der Waals surface area contributed by atoms with Gasteiger partial charge in [-0.15, -0.1) is 0 Å². The first-order valence-corrected chi connectivity index (χ1v) is 16.1. The monoisotopic (exact) mass is 633 g/mol.